The highest BCUT2D eigenvalue weighted by molar-refractivity contribution is 7.89. The summed E-state index contributed by atoms with van der Waals surface area (Å²) in [5.41, 5.74) is 1.94. The highest BCUT2D eigenvalue weighted by Crippen LogP contribution is 2.31. The molecule has 0 N–H and O–H groups in total. The second-order valence-electron chi connectivity index (χ2n) is 7.73. The van der Waals surface area contributed by atoms with Crippen molar-refractivity contribution in [3.63, 3.8) is 0 Å². The Bertz CT molecular complexity index is 1250. The van der Waals surface area contributed by atoms with Crippen molar-refractivity contribution in [1.29, 1.82) is 0 Å². The van der Waals surface area contributed by atoms with Gasteiger partial charge in [0.2, 0.25) is 10.0 Å². The number of nitro benzene ring substituents is 1. The van der Waals surface area contributed by atoms with Crippen molar-refractivity contribution >= 4 is 27.0 Å². The first kappa shape index (κ1) is 23.3. The summed E-state index contributed by atoms with van der Waals surface area (Å²) in [6.07, 6.45) is 0. The molecule has 0 aliphatic carbocycles. The van der Waals surface area contributed by atoms with Gasteiger partial charge in [0.25, 0.3) is 5.69 Å². The van der Waals surface area contributed by atoms with Crippen LogP contribution in [0.2, 0.25) is 0 Å². The molecular weight excluding hydrogens is 464 g/mol. The molecule has 1 aliphatic rings. The molecule has 9 nitrogen and oxygen atoms in total. The zero-order valence-corrected chi connectivity index (χ0v) is 19.9. The molecular formula is C22H24N4O5S2. The summed E-state index contributed by atoms with van der Waals surface area (Å²) in [4.78, 5) is 17.4. The first-order valence-corrected chi connectivity index (χ1v) is 12.7. The second kappa shape index (κ2) is 9.56. The van der Waals surface area contributed by atoms with Gasteiger partial charge in [-0.2, -0.15) is 4.31 Å². The highest BCUT2D eigenvalue weighted by Gasteiger charge is 2.35. The van der Waals surface area contributed by atoms with Crippen LogP contribution in [0.1, 0.15) is 11.3 Å². The van der Waals surface area contributed by atoms with E-state index in [-0.39, 0.29) is 23.7 Å². The molecule has 1 aromatic heterocycles. The Balaban J connectivity index is 1.42. The van der Waals surface area contributed by atoms with Gasteiger partial charge in [-0.05, 0) is 36.8 Å². The van der Waals surface area contributed by atoms with Crippen LogP contribution in [0.3, 0.4) is 0 Å². The number of hydrogen-bond acceptors (Lipinski definition) is 8. The van der Waals surface area contributed by atoms with Gasteiger partial charge in [-0.25, -0.2) is 13.4 Å². The summed E-state index contributed by atoms with van der Waals surface area (Å²) in [6, 6.07) is 12.0. The van der Waals surface area contributed by atoms with Crippen LogP contribution in [-0.2, 0) is 16.6 Å². The van der Waals surface area contributed by atoms with Crippen LogP contribution in [0.25, 0.3) is 10.6 Å². The lowest BCUT2D eigenvalue weighted by Gasteiger charge is -2.33. The zero-order valence-electron chi connectivity index (χ0n) is 18.3. The summed E-state index contributed by atoms with van der Waals surface area (Å²) in [5.74, 6) is 0.791. The number of ether oxygens (including phenoxy) is 1. The Hall–Kier alpha value is -2.86. The average molecular weight is 489 g/mol. The van der Waals surface area contributed by atoms with Crippen LogP contribution in [0.5, 0.6) is 5.75 Å². The van der Waals surface area contributed by atoms with E-state index in [2.05, 4.69) is 4.90 Å². The lowest BCUT2D eigenvalue weighted by molar-refractivity contribution is -0.387. The van der Waals surface area contributed by atoms with Gasteiger partial charge in [-0.1, -0.05) is 12.1 Å². The van der Waals surface area contributed by atoms with E-state index in [4.69, 9.17) is 9.72 Å². The standard InChI is InChI=1S/C22H24N4O5S2/c1-16-4-3-5-20(26(27)28)21(16)33(29,30)25-12-10-24(11-13-25)14-18-15-32-22(23-18)17-6-8-19(31-2)9-7-17/h3-9,15H,10-14H2,1-2H3. The minimum atomic E-state index is -3.96. The zero-order chi connectivity index (χ0) is 23.6. The second-order valence-corrected chi connectivity index (χ2v) is 10.5. The van der Waals surface area contributed by atoms with E-state index >= 15 is 0 Å². The van der Waals surface area contributed by atoms with E-state index in [0.29, 0.717) is 25.2 Å². The van der Waals surface area contributed by atoms with E-state index in [1.165, 1.54) is 16.4 Å². The predicted molar refractivity (Wildman–Crippen MR) is 126 cm³/mol. The number of nitrogens with zero attached hydrogens (tertiary/aromatic N) is 4. The van der Waals surface area contributed by atoms with Gasteiger partial charge < -0.3 is 4.74 Å². The number of aromatic nitrogens is 1. The van der Waals surface area contributed by atoms with Crippen molar-refractivity contribution in [2.45, 2.75) is 18.4 Å². The van der Waals surface area contributed by atoms with Crippen LogP contribution in [0.4, 0.5) is 5.69 Å². The van der Waals surface area contributed by atoms with Crippen molar-refractivity contribution in [3.05, 3.63) is 69.2 Å². The molecule has 2 aromatic carbocycles. The Morgan fingerprint density at radius 2 is 1.82 bits per heavy atom. The number of benzene rings is 2. The lowest BCUT2D eigenvalue weighted by atomic mass is 10.2. The Labute approximate surface area is 196 Å². The summed E-state index contributed by atoms with van der Waals surface area (Å²) < 4.78 is 32.9. The first-order chi connectivity index (χ1) is 15.8. The van der Waals surface area contributed by atoms with Gasteiger partial charge >= 0.3 is 0 Å². The Kier molecular flexibility index (Phi) is 6.75. The monoisotopic (exact) mass is 488 g/mol. The van der Waals surface area contributed by atoms with Gasteiger partial charge in [0.15, 0.2) is 4.90 Å². The maximum Gasteiger partial charge on any atom is 0.289 e. The fraction of sp³-hybridized carbons (Fsp3) is 0.318. The molecule has 0 amide bonds. The largest absolute Gasteiger partial charge is 0.497 e. The van der Waals surface area contributed by atoms with Crippen LogP contribution < -0.4 is 4.74 Å². The van der Waals surface area contributed by atoms with Gasteiger partial charge in [0.05, 0.1) is 17.7 Å². The van der Waals surface area contributed by atoms with E-state index in [1.807, 2.05) is 29.6 Å². The van der Waals surface area contributed by atoms with Crippen molar-refractivity contribution in [1.82, 2.24) is 14.2 Å². The van der Waals surface area contributed by atoms with Gasteiger partial charge in [-0.15, -0.1) is 11.3 Å². The van der Waals surface area contributed by atoms with Crippen molar-refractivity contribution in [2.24, 2.45) is 0 Å². The van der Waals surface area contributed by atoms with E-state index in [1.54, 1.807) is 31.4 Å². The number of methoxy groups -OCH3 is 1. The number of sulfonamides is 1. The quantitative estimate of drug-likeness (QED) is 0.370. The fourth-order valence-corrected chi connectivity index (χ4v) is 6.45. The van der Waals surface area contributed by atoms with Crippen LogP contribution in [-0.4, -0.2) is 60.8 Å². The van der Waals surface area contributed by atoms with Crippen molar-refractivity contribution in [3.8, 4) is 16.3 Å². The predicted octanol–water partition coefficient (Wildman–Crippen LogP) is 3.54. The lowest BCUT2D eigenvalue weighted by Crippen LogP contribution is -2.48. The maximum atomic E-state index is 13.2. The molecule has 174 valence electrons. The third-order valence-electron chi connectivity index (χ3n) is 5.59. The molecule has 11 heteroatoms. The smallest absolute Gasteiger partial charge is 0.289 e. The molecule has 4 rings (SSSR count). The Morgan fingerprint density at radius 3 is 2.45 bits per heavy atom. The number of thiazole rings is 1. The maximum absolute atomic E-state index is 13.2. The molecule has 0 spiro atoms. The van der Waals surface area contributed by atoms with E-state index in [0.717, 1.165) is 22.0 Å². The summed E-state index contributed by atoms with van der Waals surface area (Å²) in [5, 5.41) is 14.3. The molecule has 0 saturated carbocycles. The molecule has 1 saturated heterocycles. The molecule has 33 heavy (non-hydrogen) atoms. The molecule has 2 heterocycles. The van der Waals surface area contributed by atoms with E-state index < -0.39 is 14.9 Å². The molecule has 1 aliphatic heterocycles. The fourth-order valence-electron chi connectivity index (χ4n) is 3.85. The molecule has 3 aromatic rings. The number of rotatable bonds is 7. The normalized spacial score (nSPS) is 15.5. The molecule has 0 bridgehead atoms. The van der Waals surface area contributed by atoms with Crippen LogP contribution >= 0.6 is 11.3 Å². The van der Waals surface area contributed by atoms with Crippen molar-refractivity contribution < 1.29 is 18.1 Å². The molecule has 0 radical (unpaired) electrons. The Morgan fingerprint density at radius 1 is 1.12 bits per heavy atom. The topological polar surface area (TPSA) is 106 Å². The minimum absolute atomic E-state index is 0.216. The molecule has 0 unspecified atom stereocenters. The highest BCUT2D eigenvalue weighted by atomic mass is 32.2. The number of aryl methyl sites for hydroxylation is 1. The summed E-state index contributed by atoms with van der Waals surface area (Å²) >= 11 is 1.56. The number of hydrogen-bond donors (Lipinski definition) is 0. The van der Waals surface area contributed by atoms with Gasteiger partial charge in [0.1, 0.15) is 10.8 Å². The van der Waals surface area contributed by atoms with Gasteiger partial charge in [0, 0.05) is 49.7 Å². The van der Waals surface area contributed by atoms with Crippen LogP contribution in [0.15, 0.2) is 52.7 Å². The summed E-state index contributed by atoms with van der Waals surface area (Å²) in [7, 11) is -2.33. The van der Waals surface area contributed by atoms with E-state index in [9.17, 15) is 18.5 Å². The number of piperazine rings is 1. The minimum Gasteiger partial charge on any atom is -0.497 e. The summed E-state index contributed by atoms with van der Waals surface area (Å²) in [6.45, 7) is 3.78. The van der Waals surface area contributed by atoms with Gasteiger partial charge in [-0.3, -0.25) is 15.0 Å². The van der Waals surface area contributed by atoms with Crippen molar-refractivity contribution in [2.75, 3.05) is 33.3 Å². The number of nitro groups is 1. The first-order valence-electron chi connectivity index (χ1n) is 10.3. The van der Waals surface area contributed by atoms with Crippen LogP contribution in [0, 0.1) is 17.0 Å². The SMILES string of the molecule is COc1ccc(-c2nc(CN3CCN(S(=O)(=O)c4c(C)cccc4[N+](=O)[O-])CC3)cs2)cc1. The third kappa shape index (κ3) is 4.91. The average Bonchev–Trinajstić information content (AvgIpc) is 3.27. The molecule has 0 atom stereocenters. The third-order valence-corrected chi connectivity index (χ3v) is 8.62. The molecule has 1 fully saturated rings.